The number of primary amides is 1. The van der Waals surface area contributed by atoms with Crippen LogP contribution in [-0.4, -0.2) is 24.2 Å². The second-order valence-electron chi connectivity index (χ2n) is 8.30. The van der Waals surface area contributed by atoms with Gasteiger partial charge in [0.25, 0.3) is 0 Å². The van der Waals surface area contributed by atoms with E-state index in [9.17, 15) is 9.90 Å². The molecule has 1 amide bonds. The molecule has 4 saturated carbocycles. The third-order valence-electron chi connectivity index (χ3n) is 6.32. The zero-order valence-corrected chi connectivity index (χ0v) is 13.5. The predicted octanol–water partition coefficient (Wildman–Crippen LogP) is 2.74. The maximum Gasteiger partial charge on any atom is 0.248 e. The summed E-state index contributed by atoms with van der Waals surface area (Å²) in [7, 11) is 0. The van der Waals surface area contributed by atoms with Gasteiger partial charge in [0.1, 0.15) is 5.75 Å². The molecule has 4 fully saturated rings. The molecule has 0 saturated heterocycles. The maximum absolute atomic E-state index is 11.1. The second-order valence-corrected chi connectivity index (χ2v) is 8.30. The Morgan fingerprint density at radius 1 is 1.13 bits per heavy atom. The number of aliphatic hydroxyl groups is 1. The van der Waals surface area contributed by atoms with Crippen molar-refractivity contribution >= 4 is 5.91 Å². The summed E-state index contributed by atoms with van der Waals surface area (Å²) in [6.07, 6.45) is 7.33. The number of amides is 1. The minimum Gasteiger partial charge on any atom is -0.493 e. The molecule has 2 atom stereocenters. The smallest absolute Gasteiger partial charge is 0.248 e. The quantitative estimate of drug-likeness (QED) is 0.877. The third kappa shape index (κ3) is 2.63. The highest BCUT2D eigenvalue weighted by Gasteiger charge is 2.57. The molecule has 0 aromatic heterocycles. The molecule has 1 aromatic carbocycles. The summed E-state index contributed by atoms with van der Waals surface area (Å²) >= 11 is 0. The Morgan fingerprint density at radius 3 is 2.30 bits per heavy atom. The van der Waals surface area contributed by atoms with Crippen LogP contribution in [-0.2, 0) is 0 Å². The van der Waals surface area contributed by atoms with Crippen LogP contribution in [0, 0.1) is 22.7 Å². The van der Waals surface area contributed by atoms with Crippen molar-refractivity contribution in [1.82, 2.24) is 0 Å². The maximum atomic E-state index is 11.1. The van der Waals surface area contributed by atoms with Gasteiger partial charge in [-0.2, -0.15) is 0 Å². The van der Waals surface area contributed by atoms with Gasteiger partial charge < -0.3 is 15.6 Å². The van der Waals surface area contributed by atoms with E-state index in [0.717, 1.165) is 30.6 Å². The largest absolute Gasteiger partial charge is 0.493 e. The van der Waals surface area contributed by atoms with Crippen LogP contribution < -0.4 is 10.5 Å². The SMILES string of the molecule is NC(=O)c1ccc(OCC23CC4CC(CC(CO)(C4)C2)C3)cc1. The van der Waals surface area contributed by atoms with Crippen molar-refractivity contribution in [3.05, 3.63) is 29.8 Å². The van der Waals surface area contributed by atoms with Crippen LogP contribution in [0.15, 0.2) is 24.3 Å². The summed E-state index contributed by atoms with van der Waals surface area (Å²) in [5.74, 6) is 1.92. The van der Waals surface area contributed by atoms with E-state index < -0.39 is 5.91 Å². The van der Waals surface area contributed by atoms with Gasteiger partial charge in [-0.3, -0.25) is 4.79 Å². The molecule has 5 rings (SSSR count). The summed E-state index contributed by atoms with van der Waals surface area (Å²) in [6.45, 7) is 1.05. The lowest BCUT2D eigenvalue weighted by Gasteiger charge is -2.61. The van der Waals surface area contributed by atoms with Crippen LogP contribution >= 0.6 is 0 Å². The predicted molar refractivity (Wildman–Crippen MR) is 87.1 cm³/mol. The van der Waals surface area contributed by atoms with Crippen molar-refractivity contribution in [3.8, 4) is 5.75 Å². The van der Waals surface area contributed by atoms with Gasteiger partial charge in [-0.25, -0.2) is 0 Å². The normalized spacial score (nSPS) is 37.8. The number of carbonyl (C=O) groups is 1. The molecule has 4 aliphatic rings. The molecule has 4 heteroatoms. The van der Waals surface area contributed by atoms with Gasteiger partial charge in [-0.05, 0) is 80.0 Å². The van der Waals surface area contributed by atoms with E-state index >= 15 is 0 Å². The Hall–Kier alpha value is -1.55. The lowest BCUT2D eigenvalue weighted by molar-refractivity contribution is -0.141. The molecule has 1 aromatic rings. The van der Waals surface area contributed by atoms with Crippen molar-refractivity contribution in [3.63, 3.8) is 0 Å². The summed E-state index contributed by atoms with van der Waals surface area (Å²) < 4.78 is 6.08. The van der Waals surface area contributed by atoms with Gasteiger partial charge in [-0.15, -0.1) is 0 Å². The molecule has 4 aliphatic carbocycles. The molecule has 3 N–H and O–H groups in total. The second kappa shape index (κ2) is 5.23. The van der Waals surface area contributed by atoms with Crippen LogP contribution in [0.4, 0.5) is 0 Å². The first-order chi connectivity index (χ1) is 11.0. The Bertz CT molecular complexity index is 596. The van der Waals surface area contributed by atoms with E-state index in [0.29, 0.717) is 12.2 Å². The van der Waals surface area contributed by atoms with E-state index in [1.165, 1.54) is 32.1 Å². The molecule has 2 unspecified atom stereocenters. The minimum absolute atomic E-state index is 0.156. The van der Waals surface area contributed by atoms with Crippen molar-refractivity contribution in [2.75, 3.05) is 13.2 Å². The van der Waals surface area contributed by atoms with E-state index in [1.807, 2.05) is 12.1 Å². The zero-order valence-electron chi connectivity index (χ0n) is 13.5. The monoisotopic (exact) mass is 315 g/mol. The topological polar surface area (TPSA) is 72.6 Å². The van der Waals surface area contributed by atoms with Gasteiger partial charge in [0, 0.05) is 17.6 Å². The molecule has 4 nitrogen and oxygen atoms in total. The molecular weight excluding hydrogens is 290 g/mol. The van der Waals surface area contributed by atoms with E-state index in [4.69, 9.17) is 10.5 Å². The fraction of sp³-hybridized carbons (Fsp3) is 0.632. The fourth-order valence-corrected chi connectivity index (χ4v) is 5.96. The highest BCUT2D eigenvalue weighted by molar-refractivity contribution is 5.92. The Labute approximate surface area is 137 Å². The van der Waals surface area contributed by atoms with Gasteiger partial charge in [0.2, 0.25) is 5.91 Å². The van der Waals surface area contributed by atoms with Crippen LogP contribution in [0.3, 0.4) is 0 Å². The van der Waals surface area contributed by atoms with Crippen LogP contribution in [0.25, 0.3) is 0 Å². The van der Waals surface area contributed by atoms with Crippen molar-refractivity contribution in [1.29, 1.82) is 0 Å². The average molecular weight is 315 g/mol. The molecule has 0 heterocycles. The number of hydrogen-bond donors (Lipinski definition) is 2. The number of nitrogens with two attached hydrogens (primary N) is 1. The third-order valence-corrected chi connectivity index (χ3v) is 6.32. The summed E-state index contributed by atoms with van der Waals surface area (Å²) in [4.78, 5) is 11.1. The lowest BCUT2D eigenvalue weighted by Crippen LogP contribution is -2.55. The van der Waals surface area contributed by atoms with E-state index in [-0.39, 0.29) is 10.8 Å². The summed E-state index contributed by atoms with van der Waals surface area (Å²) in [6, 6.07) is 7.07. The number of ether oxygens (including phenoxy) is 1. The summed E-state index contributed by atoms with van der Waals surface area (Å²) in [5.41, 5.74) is 6.16. The first kappa shape index (κ1) is 15.0. The lowest BCUT2D eigenvalue weighted by atomic mass is 9.44. The van der Waals surface area contributed by atoms with Crippen molar-refractivity contribution in [2.24, 2.45) is 28.4 Å². The van der Waals surface area contributed by atoms with Gasteiger partial charge in [-0.1, -0.05) is 0 Å². The Morgan fingerprint density at radius 2 is 1.74 bits per heavy atom. The van der Waals surface area contributed by atoms with Gasteiger partial charge in [0.15, 0.2) is 0 Å². The summed E-state index contributed by atoms with van der Waals surface area (Å²) in [5, 5.41) is 9.93. The highest BCUT2D eigenvalue weighted by atomic mass is 16.5. The molecular formula is C19H25NO3. The number of rotatable bonds is 5. The molecule has 4 bridgehead atoms. The van der Waals surface area contributed by atoms with Crippen molar-refractivity contribution < 1.29 is 14.6 Å². The highest BCUT2D eigenvalue weighted by Crippen LogP contribution is 2.65. The van der Waals surface area contributed by atoms with Crippen molar-refractivity contribution in [2.45, 2.75) is 38.5 Å². The Balaban J connectivity index is 1.47. The molecule has 0 spiro atoms. The number of aliphatic hydroxyl groups excluding tert-OH is 1. The van der Waals surface area contributed by atoms with Gasteiger partial charge in [0.05, 0.1) is 6.61 Å². The minimum atomic E-state index is -0.414. The zero-order chi connectivity index (χ0) is 16.1. The molecule has 0 aliphatic heterocycles. The first-order valence-corrected chi connectivity index (χ1v) is 8.65. The standard InChI is InChI=1S/C19H25NO3/c20-17(22)15-1-3-16(4-2-15)23-12-19-8-13-5-14(9-19)7-18(6-13,10-19)11-21/h1-4,13-14,21H,5-12H2,(H2,20,22). The van der Waals surface area contributed by atoms with Crippen LogP contribution in [0.5, 0.6) is 5.75 Å². The van der Waals surface area contributed by atoms with E-state index in [1.54, 1.807) is 12.1 Å². The van der Waals surface area contributed by atoms with Gasteiger partial charge >= 0.3 is 0 Å². The van der Waals surface area contributed by atoms with Crippen LogP contribution in [0.1, 0.15) is 48.9 Å². The number of carbonyl (C=O) groups excluding carboxylic acids is 1. The average Bonchev–Trinajstić information content (AvgIpc) is 2.52. The molecule has 23 heavy (non-hydrogen) atoms. The number of benzene rings is 1. The molecule has 0 radical (unpaired) electrons. The fourth-order valence-electron chi connectivity index (χ4n) is 5.96. The Kier molecular flexibility index (Phi) is 3.41. The van der Waals surface area contributed by atoms with Crippen LogP contribution in [0.2, 0.25) is 0 Å². The number of hydrogen-bond acceptors (Lipinski definition) is 3. The first-order valence-electron chi connectivity index (χ1n) is 8.65. The molecule has 124 valence electrons. The van der Waals surface area contributed by atoms with E-state index in [2.05, 4.69) is 0 Å².